The number of hydrogen-bond donors (Lipinski definition) is 2. The van der Waals surface area contributed by atoms with Crippen LogP contribution in [-0.4, -0.2) is 22.2 Å². The highest BCUT2D eigenvalue weighted by atomic mass is 16.4. The molecule has 4 heteroatoms. The average molecular weight is 459 g/mol. The lowest BCUT2D eigenvalue weighted by Gasteiger charge is -2.32. The van der Waals surface area contributed by atoms with Crippen LogP contribution in [0, 0.1) is 5.41 Å². The van der Waals surface area contributed by atoms with Gasteiger partial charge in [0.05, 0.1) is 11.1 Å². The maximum Gasteiger partial charge on any atom is 0.335 e. The number of carbonyl (C=O) groups is 2. The standard InChI is InChI=1S/C23H28O2.C7H6O2/c1-17(10-15-21-18(2)8-6-16-23(21,3)4)7-5-9-19-11-13-20(14-12-19)22(24)25;8-7(9)6-4-2-1-3-5-6/h5,7,9-15H,6,8,16H2,1-4H3,(H,24,25);1-5H,(H,8,9)/b9-5+,15-10?,17-7?;. The molecule has 3 rings (SSSR count). The molecule has 0 heterocycles. The summed E-state index contributed by atoms with van der Waals surface area (Å²) in [6.07, 6.45) is 14.3. The zero-order chi connectivity index (χ0) is 25.1. The third kappa shape index (κ3) is 8.36. The van der Waals surface area contributed by atoms with Crippen LogP contribution in [0.3, 0.4) is 0 Å². The summed E-state index contributed by atoms with van der Waals surface area (Å²) in [5, 5.41) is 17.3. The highest BCUT2D eigenvalue weighted by molar-refractivity contribution is 5.88. The van der Waals surface area contributed by atoms with E-state index in [1.54, 1.807) is 42.5 Å². The van der Waals surface area contributed by atoms with Crippen molar-refractivity contribution in [1.29, 1.82) is 0 Å². The van der Waals surface area contributed by atoms with Crippen molar-refractivity contribution < 1.29 is 19.8 Å². The fourth-order valence-electron chi connectivity index (χ4n) is 3.91. The molecule has 0 aromatic heterocycles. The smallest absolute Gasteiger partial charge is 0.335 e. The quantitative estimate of drug-likeness (QED) is 0.433. The van der Waals surface area contributed by atoms with Crippen LogP contribution in [0.1, 0.15) is 73.2 Å². The molecule has 2 aromatic carbocycles. The summed E-state index contributed by atoms with van der Waals surface area (Å²) >= 11 is 0. The van der Waals surface area contributed by atoms with Crippen LogP contribution in [0.25, 0.3) is 6.08 Å². The molecule has 0 unspecified atom stereocenters. The van der Waals surface area contributed by atoms with E-state index in [0.29, 0.717) is 11.1 Å². The Morgan fingerprint density at radius 3 is 2.00 bits per heavy atom. The predicted octanol–water partition coefficient (Wildman–Crippen LogP) is 7.81. The third-order valence-corrected chi connectivity index (χ3v) is 5.88. The van der Waals surface area contributed by atoms with Crippen molar-refractivity contribution in [1.82, 2.24) is 0 Å². The van der Waals surface area contributed by atoms with Gasteiger partial charge in [-0.15, -0.1) is 0 Å². The zero-order valence-corrected chi connectivity index (χ0v) is 20.4. The lowest BCUT2D eigenvalue weighted by molar-refractivity contribution is 0.0686. The number of benzene rings is 2. The first-order valence-electron chi connectivity index (χ1n) is 11.4. The Morgan fingerprint density at radius 1 is 0.882 bits per heavy atom. The van der Waals surface area contributed by atoms with Gasteiger partial charge in [0.25, 0.3) is 0 Å². The largest absolute Gasteiger partial charge is 0.478 e. The van der Waals surface area contributed by atoms with Gasteiger partial charge in [0.1, 0.15) is 0 Å². The van der Waals surface area contributed by atoms with Gasteiger partial charge < -0.3 is 10.2 Å². The summed E-state index contributed by atoms with van der Waals surface area (Å²) < 4.78 is 0. The first-order valence-corrected chi connectivity index (χ1v) is 11.4. The maximum atomic E-state index is 10.8. The molecule has 0 fully saturated rings. The molecule has 0 spiro atoms. The molecule has 0 atom stereocenters. The highest BCUT2D eigenvalue weighted by Gasteiger charge is 2.26. The van der Waals surface area contributed by atoms with E-state index >= 15 is 0 Å². The van der Waals surface area contributed by atoms with E-state index in [1.165, 1.54) is 36.0 Å². The zero-order valence-electron chi connectivity index (χ0n) is 20.4. The minimum Gasteiger partial charge on any atom is -0.478 e. The molecule has 4 nitrogen and oxygen atoms in total. The molecule has 1 aliphatic carbocycles. The number of carboxylic acid groups (broad SMARTS) is 2. The van der Waals surface area contributed by atoms with Gasteiger partial charge in [-0.1, -0.05) is 85.7 Å². The van der Waals surface area contributed by atoms with Gasteiger partial charge in [0.15, 0.2) is 0 Å². The Labute approximate surface area is 202 Å². The van der Waals surface area contributed by atoms with Gasteiger partial charge in [-0.25, -0.2) is 9.59 Å². The Kier molecular flexibility index (Phi) is 9.81. The van der Waals surface area contributed by atoms with Crippen LogP contribution in [0.4, 0.5) is 0 Å². The van der Waals surface area contributed by atoms with Crippen molar-refractivity contribution >= 4 is 18.0 Å². The van der Waals surface area contributed by atoms with Crippen molar-refractivity contribution in [3.05, 3.63) is 112 Å². The normalized spacial score (nSPS) is 15.8. The number of aromatic carboxylic acids is 2. The van der Waals surface area contributed by atoms with E-state index in [1.807, 2.05) is 24.3 Å². The number of rotatable bonds is 6. The summed E-state index contributed by atoms with van der Waals surface area (Å²) in [6.45, 7) is 9.00. The molecule has 178 valence electrons. The van der Waals surface area contributed by atoms with Crippen molar-refractivity contribution in [3.8, 4) is 0 Å². The van der Waals surface area contributed by atoms with E-state index in [-0.39, 0.29) is 5.41 Å². The minimum atomic E-state index is -0.897. The molecule has 0 saturated heterocycles. The second kappa shape index (κ2) is 12.5. The second-order valence-corrected chi connectivity index (χ2v) is 9.13. The Balaban J connectivity index is 0.000000379. The van der Waals surface area contributed by atoms with E-state index in [4.69, 9.17) is 10.2 Å². The number of allylic oxidation sites excluding steroid dienone is 7. The molecule has 0 amide bonds. The summed E-state index contributed by atoms with van der Waals surface area (Å²) in [5.74, 6) is -1.78. The SMILES string of the molecule is CC(C=CC1=C(C)CCCC1(C)C)=C/C=C/c1ccc(C(=O)O)cc1.O=C(O)c1ccccc1. The third-order valence-electron chi connectivity index (χ3n) is 5.88. The Hall–Kier alpha value is -3.66. The summed E-state index contributed by atoms with van der Waals surface area (Å²) in [5.41, 5.74) is 6.07. The molecule has 0 aliphatic heterocycles. The fraction of sp³-hybridized carbons (Fsp3) is 0.267. The van der Waals surface area contributed by atoms with Crippen LogP contribution in [0.5, 0.6) is 0 Å². The van der Waals surface area contributed by atoms with Gasteiger partial charge in [-0.3, -0.25) is 0 Å². The molecule has 0 radical (unpaired) electrons. The van der Waals surface area contributed by atoms with Gasteiger partial charge in [0.2, 0.25) is 0 Å². The predicted molar refractivity (Wildman–Crippen MR) is 139 cm³/mol. The van der Waals surface area contributed by atoms with Gasteiger partial charge >= 0.3 is 11.9 Å². The van der Waals surface area contributed by atoms with Crippen molar-refractivity contribution in [2.75, 3.05) is 0 Å². The van der Waals surface area contributed by atoms with Crippen molar-refractivity contribution in [3.63, 3.8) is 0 Å². The number of hydrogen-bond acceptors (Lipinski definition) is 2. The fourth-order valence-corrected chi connectivity index (χ4v) is 3.91. The molecule has 0 bridgehead atoms. The molecular formula is C30H34O4. The molecule has 34 heavy (non-hydrogen) atoms. The van der Waals surface area contributed by atoms with Crippen LogP contribution >= 0.6 is 0 Å². The first kappa shape index (κ1) is 26.6. The highest BCUT2D eigenvalue weighted by Crippen LogP contribution is 2.40. The molecule has 2 N–H and O–H groups in total. The van der Waals surface area contributed by atoms with Gasteiger partial charge in [0, 0.05) is 0 Å². The summed E-state index contributed by atoms with van der Waals surface area (Å²) in [7, 11) is 0. The molecular weight excluding hydrogens is 424 g/mol. The summed E-state index contributed by atoms with van der Waals surface area (Å²) in [6, 6.07) is 15.2. The van der Waals surface area contributed by atoms with E-state index in [9.17, 15) is 9.59 Å². The lowest BCUT2D eigenvalue weighted by atomic mass is 9.72. The Bertz CT molecular complexity index is 1100. The van der Waals surface area contributed by atoms with Crippen molar-refractivity contribution in [2.45, 2.75) is 47.0 Å². The van der Waals surface area contributed by atoms with Crippen LogP contribution in [-0.2, 0) is 0 Å². The van der Waals surface area contributed by atoms with Crippen LogP contribution in [0.2, 0.25) is 0 Å². The van der Waals surface area contributed by atoms with E-state index in [2.05, 4.69) is 45.9 Å². The van der Waals surface area contributed by atoms with Crippen molar-refractivity contribution in [2.24, 2.45) is 5.41 Å². The maximum absolute atomic E-state index is 10.8. The molecule has 0 saturated carbocycles. The van der Waals surface area contributed by atoms with Crippen LogP contribution < -0.4 is 0 Å². The minimum absolute atomic E-state index is 0.265. The lowest BCUT2D eigenvalue weighted by Crippen LogP contribution is -2.19. The van der Waals surface area contributed by atoms with E-state index in [0.717, 1.165) is 5.56 Å². The first-order chi connectivity index (χ1) is 16.1. The average Bonchev–Trinajstić information content (AvgIpc) is 2.79. The second-order valence-electron chi connectivity index (χ2n) is 9.13. The topological polar surface area (TPSA) is 74.6 Å². The summed E-state index contributed by atoms with van der Waals surface area (Å²) in [4.78, 5) is 21.0. The van der Waals surface area contributed by atoms with Gasteiger partial charge in [-0.05, 0) is 73.9 Å². The molecule has 1 aliphatic rings. The number of carboxylic acids is 2. The molecule has 2 aromatic rings. The van der Waals surface area contributed by atoms with Gasteiger partial charge in [-0.2, -0.15) is 0 Å². The van der Waals surface area contributed by atoms with Crippen LogP contribution in [0.15, 0.2) is 95.6 Å². The Morgan fingerprint density at radius 2 is 1.47 bits per heavy atom. The monoisotopic (exact) mass is 458 g/mol. The van der Waals surface area contributed by atoms with E-state index < -0.39 is 11.9 Å².